The minimum absolute atomic E-state index is 0.137. The smallest absolute Gasteiger partial charge is 0.280 e. The van der Waals surface area contributed by atoms with E-state index in [1.165, 1.54) is 18.2 Å². The topological polar surface area (TPSA) is 68.0 Å². The number of anilines is 2. The molecule has 0 spiro atoms. The van der Waals surface area contributed by atoms with E-state index in [0.29, 0.717) is 10.9 Å². The molecule has 4 nitrogen and oxygen atoms in total. The molecule has 0 saturated carbocycles. The molecule has 1 aromatic carbocycles. The maximum absolute atomic E-state index is 13.2. The van der Waals surface area contributed by atoms with Gasteiger partial charge in [0.15, 0.2) is 0 Å². The predicted octanol–water partition coefficient (Wildman–Crippen LogP) is 5.17. The molecular formula is C16H11ClF3N3OS. The molecule has 0 radical (unpaired) electrons. The number of aryl methyl sites for hydroxylation is 1. The minimum atomic E-state index is -2.72. The Hall–Kier alpha value is -2.32. The third-order valence-corrected chi connectivity index (χ3v) is 4.91. The van der Waals surface area contributed by atoms with Crippen LogP contribution in [0.5, 0.6) is 0 Å². The molecule has 0 bridgehead atoms. The summed E-state index contributed by atoms with van der Waals surface area (Å²) in [5.74, 6) is -1.17. The summed E-state index contributed by atoms with van der Waals surface area (Å²) in [6.07, 6.45) is -2.72. The zero-order chi connectivity index (χ0) is 18.3. The van der Waals surface area contributed by atoms with E-state index in [1.807, 2.05) is 0 Å². The molecule has 0 aliphatic carbocycles. The van der Waals surface area contributed by atoms with Crippen molar-refractivity contribution in [3.8, 4) is 0 Å². The lowest BCUT2D eigenvalue weighted by Crippen LogP contribution is -2.12. The van der Waals surface area contributed by atoms with Crippen LogP contribution < -0.4 is 11.1 Å². The predicted molar refractivity (Wildman–Crippen MR) is 93.1 cm³/mol. The first-order valence-electron chi connectivity index (χ1n) is 7.02. The number of nitrogens with two attached hydrogens (primary N) is 1. The van der Waals surface area contributed by atoms with Gasteiger partial charge in [-0.15, -0.1) is 11.3 Å². The van der Waals surface area contributed by atoms with E-state index in [4.69, 9.17) is 17.3 Å². The molecule has 9 heteroatoms. The highest BCUT2D eigenvalue weighted by molar-refractivity contribution is 7.21. The Balaban J connectivity index is 2.00. The van der Waals surface area contributed by atoms with E-state index in [0.717, 1.165) is 17.4 Å². The van der Waals surface area contributed by atoms with Gasteiger partial charge in [0.1, 0.15) is 21.2 Å². The Morgan fingerprint density at radius 2 is 2.08 bits per heavy atom. The van der Waals surface area contributed by atoms with Gasteiger partial charge >= 0.3 is 0 Å². The second-order valence-corrected chi connectivity index (χ2v) is 6.68. The third-order valence-electron chi connectivity index (χ3n) is 3.52. The highest BCUT2D eigenvalue weighted by Crippen LogP contribution is 2.36. The lowest BCUT2D eigenvalue weighted by Gasteiger charge is -2.05. The second kappa shape index (κ2) is 6.53. The first-order valence-corrected chi connectivity index (χ1v) is 8.21. The number of hydrogen-bond donors (Lipinski definition) is 2. The average molecular weight is 386 g/mol. The van der Waals surface area contributed by atoms with Crippen LogP contribution in [0.3, 0.4) is 0 Å². The lowest BCUT2D eigenvalue weighted by atomic mass is 10.1. The summed E-state index contributed by atoms with van der Waals surface area (Å²) in [6.45, 7) is 1.63. The van der Waals surface area contributed by atoms with Crippen LogP contribution in [0.25, 0.3) is 10.2 Å². The molecular weight excluding hydrogens is 375 g/mol. The number of carbonyl (C=O) groups is 1. The number of pyridine rings is 1. The first kappa shape index (κ1) is 17.5. The molecule has 0 aliphatic rings. The number of halogens is 4. The van der Waals surface area contributed by atoms with Crippen molar-refractivity contribution >= 4 is 50.4 Å². The van der Waals surface area contributed by atoms with Crippen molar-refractivity contribution in [2.75, 3.05) is 11.1 Å². The number of benzene rings is 1. The van der Waals surface area contributed by atoms with Gasteiger partial charge in [0.05, 0.1) is 10.7 Å². The zero-order valence-electron chi connectivity index (χ0n) is 12.7. The van der Waals surface area contributed by atoms with Crippen LogP contribution in [0.4, 0.5) is 24.5 Å². The fraction of sp³-hybridized carbons (Fsp3) is 0.125. The maximum atomic E-state index is 13.2. The number of thiophene rings is 1. The van der Waals surface area contributed by atoms with Crippen molar-refractivity contribution in [1.29, 1.82) is 0 Å². The summed E-state index contributed by atoms with van der Waals surface area (Å²) in [5, 5.41) is 2.88. The van der Waals surface area contributed by atoms with E-state index in [1.54, 1.807) is 6.92 Å². The van der Waals surface area contributed by atoms with Crippen LogP contribution in [0.1, 0.15) is 27.4 Å². The fourth-order valence-electron chi connectivity index (χ4n) is 2.38. The SMILES string of the molecule is Cc1cc(C(F)F)nc2sc(C(=O)Nc3ccc(F)c(Cl)c3)c(N)c12. The van der Waals surface area contributed by atoms with E-state index in [9.17, 15) is 18.0 Å². The van der Waals surface area contributed by atoms with E-state index in [2.05, 4.69) is 10.3 Å². The number of rotatable bonds is 3. The molecule has 25 heavy (non-hydrogen) atoms. The van der Waals surface area contributed by atoms with Crippen LogP contribution >= 0.6 is 22.9 Å². The normalized spacial score (nSPS) is 11.3. The van der Waals surface area contributed by atoms with Gasteiger partial charge in [0, 0.05) is 11.1 Å². The number of carbonyl (C=O) groups excluding carboxylic acids is 1. The van der Waals surface area contributed by atoms with Crippen molar-refractivity contribution in [3.05, 3.63) is 51.2 Å². The molecule has 130 valence electrons. The second-order valence-electron chi connectivity index (χ2n) is 5.27. The maximum Gasteiger partial charge on any atom is 0.280 e. The third kappa shape index (κ3) is 3.27. The molecule has 3 N–H and O–H groups in total. The van der Waals surface area contributed by atoms with Crippen molar-refractivity contribution < 1.29 is 18.0 Å². The Morgan fingerprint density at radius 1 is 1.36 bits per heavy atom. The van der Waals surface area contributed by atoms with Gasteiger partial charge in [0.25, 0.3) is 12.3 Å². The quantitative estimate of drug-likeness (QED) is 0.653. The largest absolute Gasteiger partial charge is 0.397 e. The lowest BCUT2D eigenvalue weighted by molar-refractivity contribution is 0.103. The van der Waals surface area contributed by atoms with Gasteiger partial charge in [-0.3, -0.25) is 4.79 Å². The Morgan fingerprint density at radius 3 is 2.72 bits per heavy atom. The summed E-state index contributed by atoms with van der Waals surface area (Å²) in [7, 11) is 0. The van der Waals surface area contributed by atoms with Crippen molar-refractivity contribution in [2.24, 2.45) is 0 Å². The summed E-state index contributed by atoms with van der Waals surface area (Å²) < 4.78 is 39.0. The van der Waals surface area contributed by atoms with Crippen molar-refractivity contribution in [1.82, 2.24) is 4.98 Å². The molecule has 1 amide bonds. The highest BCUT2D eigenvalue weighted by atomic mass is 35.5. The monoisotopic (exact) mass is 385 g/mol. The molecule has 0 saturated heterocycles. The van der Waals surface area contributed by atoms with Gasteiger partial charge < -0.3 is 11.1 Å². The molecule has 0 atom stereocenters. The van der Waals surface area contributed by atoms with Gasteiger partial charge in [-0.05, 0) is 36.8 Å². The van der Waals surface area contributed by atoms with Crippen LogP contribution in [-0.2, 0) is 0 Å². The van der Waals surface area contributed by atoms with Gasteiger partial charge in [-0.2, -0.15) is 0 Å². The molecule has 3 rings (SSSR count). The molecule has 2 aromatic heterocycles. The number of hydrogen-bond acceptors (Lipinski definition) is 4. The summed E-state index contributed by atoms with van der Waals surface area (Å²) in [6, 6.07) is 4.97. The molecule has 0 aliphatic heterocycles. The Labute approximate surface area is 149 Å². The summed E-state index contributed by atoms with van der Waals surface area (Å²) >= 11 is 6.59. The molecule has 3 aromatic rings. The number of amides is 1. The molecule has 0 fully saturated rings. The Kier molecular flexibility index (Phi) is 4.57. The van der Waals surface area contributed by atoms with Crippen molar-refractivity contribution in [3.63, 3.8) is 0 Å². The summed E-state index contributed by atoms with van der Waals surface area (Å²) in [5.41, 5.74) is 6.60. The number of aromatic nitrogens is 1. The minimum Gasteiger partial charge on any atom is -0.397 e. The number of fused-ring (bicyclic) bond motifs is 1. The summed E-state index contributed by atoms with van der Waals surface area (Å²) in [4.78, 5) is 16.7. The highest BCUT2D eigenvalue weighted by Gasteiger charge is 2.21. The van der Waals surface area contributed by atoms with Gasteiger partial charge in [0.2, 0.25) is 0 Å². The van der Waals surface area contributed by atoms with Crippen LogP contribution in [0.2, 0.25) is 5.02 Å². The zero-order valence-corrected chi connectivity index (χ0v) is 14.3. The van der Waals surface area contributed by atoms with Gasteiger partial charge in [-0.25, -0.2) is 18.2 Å². The van der Waals surface area contributed by atoms with E-state index >= 15 is 0 Å². The fourth-order valence-corrected chi connectivity index (χ4v) is 3.63. The molecule has 2 heterocycles. The number of nitrogen functional groups attached to an aromatic ring is 1. The van der Waals surface area contributed by atoms with Gasteiger partial charge in [-0.1, -0.05) is 11.6 Å². The Bertz CT molecular complexity index is 990. The van der Waals surface area contributed by atoms with Crippen LogP contribution in [0.15, 0.2) is 24.3 Å². The van der Waals surface area contributed by atoms with Crippen LogP contribution in [0, 0.1) is 12.7 Å². The van der Waals surface area contributed by atoms with Crippen LogP contribution in [-0.4, -0.2) is 10.9 Å². The first-order chi connectivity index (χ1) is 11.8. The number of nitrogens with zero attached hydrogens (tertiary/aromatic N) is 1. The number of nitrogens with one attached hydrogen (secondary N) is 1. The average Bonchev–Trinajstić information content (AvgIpc) is 2.88. The number of alkyl halides is 2. The van der Waals surface area contributed by atoms with Crippen molar-refractivity contribution in [2.45, 2.75) is 13.3 Å². The standard InChI is InChI=1S/C16H11ClF3N3OS/c1-6-4-10(14(19)20)23-16-11(6)12(21)13(25-16)15(24)22-7-2-3-9(18)8(17)5-7/h2-5,14H,21H2,1H3,(H,22,24). The van der Waals surface area contributed by atoms with E-state index < -0.39 is 18.1 Å². The van der Waals surface area contributed by atoms with E-state index in [-0.39, 0.29) is 31.8 Å². The molecule has 0 unspecified atom stereocenters.